The van der Waals surface area contributed by atoms with E-state index in [0.717, 1.165) is 21.6 Å². The highest BCUT2D eigenvalue weighted by Gasteiger charge is 2.27. The topological polar surface area (TPSA) is 54.5 Å². The second-order valence-electron chi connectivity index (χ2n) is 5.85. The van der Waals surface area contributed by atoms with Crippen molar-refractivity contribution in [2.24, 2.45) is 0 Å². The number of thiophene rings is 1. The molecule has 0 unspecified atom stereocenters. The Hall–Kier alpha value is -2.93. The summed E-state index contributed by atoms with van der Waals surface area (Å²) < 4.78 is 18.7. The van der Waals surface area contributed by atoms with Crippen LogP contribution in [0.25, 0.3) is 10.4 Å². The molecule has 0 spiro atoms. The molecule has 2 aromatic heterocycles. The molecule has 2 amide bonds. The Kier molecular flexibility index (Phi) is 4.30. The fourth-order valence-corrected chi connectivity index (χ4v) is 3.82. The van der Waals surface area contributed by atoms with E-state index in [4.69, 9.17) is 4.74 Å². The van der Waals surface area contributed by atoms with Crippen molar-refractivity contribution in [3.8, 4) is 16.2 Å². The standard InChI is InChI=1S/C19H16FN3O2S/c1-25-16-9-12(4-5-15(16)20)11-23-18-14(10-22-19(23)24)13(6-7-21-18)17-3-2-8-26-17/h2-9H,10-11H2,1H3,(H,22,24). The fraction of sp³-hybridized carbons (Fsp3) is 0.158. The number of hydrogen-bond acceptors (Lipinski definition) is 4. The number of ether oxygens (including phenoxy) is 1. The molecule has 0 saturated heterocycles. The van der Waals surface area contributed by atoms with Gasteiger partial charge in [-0.1, -0.05) is 12.1 Å². The zero-order chi connectivity index (χ0) is 18.1. The maximum absolute atomic E-state index is 13.6. The number of benzene rings is 1. The number of hydrogen-bond donors (Lipinski definition) is 1. The Morgan fingerprint density at radius 1 is 1.35 bits per heavy atom. The summed E-state index contributed by atoms with van der Waals surface area (Å²) >= 11 is 1.64. The van der Waals surface area contributed by atoms with Crippen LogP contribution < -0.4 is 15.0 Å². The van der Waals surface area contributed by atoms with E-state index in [-0.39, 0.29) is 18.3 Å². The van der Waals surface area contributed by atoms with Crippen LogP contribution in [0.2, 0.25) is 0 Å². The number of pyridine rings is 1. The van der Waals surface area contributed by atoms with Crippen LogP contribution in [0.4, 0.5) is 15.0 Å². The molecule has 4 rings (SSSR count). The van der Waals surface area contributed by atoms with Crippen LogP contribution in [0.5, 0.6) is 5.75 Å². The lowest BCUT2D eigenvalue weighted by Gasteiger charge is -2.30. The summed E-state index contributed by atoms with van der Waals surface area (Å²) in [6.45, 7) is 0.703. The van der Waals surface area contributed by atoms with Gasteiger partial charge < -0.3 is 10.1 Å². The van der Waals surface area contributed by atoms with Gasteiger partial charge in [0.05, 0.1) is 13.7 Å². The van der Waals surface area contributed by atoms with Crippen LogP contribution in [0, 0.1) is 5.82 Å². The monoisotopic (exact) mass is 369 g/mol. The Balaban J connectivity index is 1.73. The Labute approximate surface area is 154 Å². The molecule has 1 N–H and O–H groups in total. The molecule has 5 nitrogen and oxygen atoms in total. The summed E-state index contributed by atoms with van der Waals surface area (Å²) in [6.07, 6.45) is 1.71. The van der Waals surface area contributed by atoms with E-state index >= 15 is 0 Å². The number of anilines is 1. The molecule has 1 aromatic carbocycles. The molecule has 0 radical (unpaired) electrons. The number of carbonyl (C=O) groups is 1. The minimum absolute atomic E-state index is 0.153. The fourth-order valence-electron chi connectivity index (χ4n) is 3.04. The predicted molar refractivity (Wildman–Crippen MR) is 98.9 cm³/mol. The first kappa shape index (κ1) is 16.5. The smallest absolute Gasteiger partial charge is 0.323 e. The van der Waals surface area contributed by atoms with Gasteiger partial charge in [-0.05, 0) is 35.2 Å². The molecule has 3 heterocycles. The molecule has 1 aliphatic heterocycles. The number of amides is 2. The van der Waals surface area contributed by atoms with E-state index in [1.807, 2.05) is 23.6 Å². The van der Waals surface area contributed by atoms with Gasteiger partial charge in [-0.3, -0.25) is 4.90 Å². The van der Waals surface area contributed by atoms with Gasteiger partial charge in [0.2, 0.25) is 0 Å². The van der Waals surface area contributed by atoms with Crippen molar-refractivity contribution in [1.29, 1.82) is 0 Å². The molecular weight excluding hydrogens is 353 g/mol. The van der Waals surface area contributed by atoms with Gasteiger partial charge in [0.1, 0.15) is 5.82 Å². The molecule has 26 heavy (non-hydrogen) atoms. The molecule has 0 aliphatic carbocycles. The van der Waals surface area contributed by atoms with Crippen LogP contribution in [0.1, 0.15) is 11.1 Å². The molecule has 7 heteroatoms. The number of aromatic nitrogens is 1. The Morgan fingerprint density at radius 2 is 2.23 bits per heavy atom. The third-order valence-corrected chi connectivity index (χ3v) is 5.20. The van der Waals surface area contributed by atoms with Crippen LogP contribution >= 0.6 is 11.3 Å². The van der Waals surface area contributed by atoms with Gasteiger partial charge in [-0.2, -0.15) is 0 Å². The summed E-state index contributed by atoms with van der Waals surface area (Å²) in [5, 5.41) is 4.92. The third-order valence-electron chi connectivity index (χ3n) is 4.29. The van der Waals surface area contributed by atoms with Gasteiger partial charge in [-0.25, -0.2) is 14.2 Å². The van der Waals surface area contributed by atoms with E-state index in [1.165, 1.54) is 13.2 Å². The number of nitrogens with zero attached hydrogens (tertiary/aromatic N) is 2. The molecule has 132 valence electrons. The lowest BCUT2D eigenvalue weighted by atomic mass is 10.1. The molecule has 1 aliphatic rings. The Bertz CT molecular complexity index is 959. The number of urea groups is 1. The minimum Gasteiger partial charge on any atom is -0.494 e. The highest BCUT2D eigenvalue weighted by molar-refractivity contribution is 7.13. The average molecular weight is 369 g/mol. The third kappa shape index (κ3) is 2.90. The summed E-state index contributed by atoms with van der Waals surface area (Å²) in [5.74, 6) is 0.348. The summed E-state index contributed by atoms with van der Waals surface area (Å²) in [7, 11) is 1.42. The molecule has 0 atom stereocenters. The zero-order valence-electron chi connectivity index (χ0n) is 14.0. The second-order valence-corrected chi connectivity index (χ2v) is 6.80. The van der Waals surface area contributed by atoms with Crippen LogP contribution in [-0.2, 0) is 13.1 Å². The van der Waals surface area contributed by atoms with Crippen molar-refractivity contribution >= 4 is 23.2 Å². The minimum atomic E-state index is -0.433. The number of fused-ring (bicyclic) bond motifs is 1. The maximum Gasteiger partial charge on any atom is 0.323 e. The van der Waals surface area contributed by atoms with E-state index < -0.39 is 5.82 Å². The lowest BCUT2D eigenvalue weighted by Crippen LogP contribution is -2.44. The molecule has 0 saturated carbocycles. The first-order valence-electron chi connectivity index (χ1n) is 8.07. The van der Waals surface area contributed by atoms with Crippen molar-refractivity contribution in [2.75, 3.05) is 12.0 Å². The van der Waals surface area contributed by atoms with Crippen LogP contribution in [-0.4, -0.2) is 18.1 Å². The quantitative estimate of drug-likeness (QED) is 0.750. The van der Waals surface area contributed by atoms with E-state index in [9.17, 15) is 9.18 Å². The van der Waals surface area contributed by atoms with Gasteiger partial charge in [0.15, 0.2) is 11.6 Å². The normalized spacial score (nSPS) is 13.3. The van der Waals surface area contributed by atoms with Crippen molar-refractivity contribution in [1.82, 2.24) is 10.3 Å². The van der Waals surface area contributed by atoms with Crippen molar-refractivity contribution in [3.63, 3.8) is 0 Å². The van der Waals surface area contributed by atoms with Crippen LogP contribution in [0.3, 0.4) is 0 Å². The van der Waals surface area contributed by atoms with Gasteiger partial charge in [-0.15, -0.1) is 11.3 Å². The van der Waals surface area contributed by atoms with Gasteiger partial charge in [0, 0.05) is 28.7 Å². The summed E-state index contributed by atoms with van der Waals surface area (Å²) in [4.78, 5) is 19.6. The van der Waals surface area contributed by atoms with Crippen LogP contribution in [0.15, 0.2) is 48.0 Å². The molecule has 3 aromatic rings. The highest BCUT2D eigenvalue weighted by atomic mass is 32.1. The predicted octanol–water partition coefficient (Wildman–Crippen LogP) is 4.19. The molecule has 0 fully saturated rings. The number of rotatable bonds is 4. The van der Waals surface area contributed by atoms with Gasteiger partial charge in [0.25, 0.3) is 0 Å². The summed E-state index contributed by atoms with van der Waals surface area (Å²) in [5.41, 5.74) is 2.80. The molecule has 0 bridgehead atoms. The average Bonchev–Trinajstić information content (AvgIpc) is 3.19. The Morgan fingerprint density at radius 3 is 3.00 bits per heavy atom. The van der Waals surface area contributed by atoms with Crippen molar-refractivity contribution in [2.45, 2.75) is 13.1 Å². The molecular formula is C19H16FN3O2S. The van der Waals surface area contributed by atoms with E-state index in [1.54, 1.807) is 34.6 Å². The maximum atomic E-state index is 13.6. The SMILES string of the molecule is COc1cc(CN2C(=O)NCc3c(-c4cccs4)ccnc32)ccc1F. The number of methoxy groups -OCH3 is 1. The first-order chi connectivity index (χ1) is 12.7. The summed E-state index contributed by atoms with van der Waals surface area (Å²) in [6, 6.07) is 10.4. The van der Waals surface area contributed by atoms with Gasteiger partial charge >= 0.3 is 6.03 Å². The van der Waals surface area contributed by atoms with E-state index in [2.05, 4.69) is 10.3 Å². The second kappa shape index (κ2) is 6.76. The van der Waals surface area contributed by atoms with Crippen molar-refractivity contribution < 1.29 is 13.9 Å². The largest absolute Gasteiger partial charge is 0.494 e. The first-order valence-corrected chi connectivity index (χ1v) is 8.95. The van der Waals surface area contributed by atoms with E-state index in [0.29, 0.717) is 12.4 Å². The van der Waals surface area contributed by atoms with Crippen molar-refractivity contribution in [3.05, 3.63) is 64.9 Å². The highest BCUT2D eigenvalue weighted by Crippen LogP contribution is 2.35. The lowest BCUT2D eigenvalue weighted by molar-refractivity contribution is 0.244. The number of halogens is 1. The zero-order valence-corrected chi connectivity index (χ0v) is 14.8. The number of carbonyl (C=O) groups excluding carboxylic acids is 1. The number of nitrogens with one attached hydrogen (secondary N) is 1.